The molecule has 0 spiro atoms. The Balaban J connectivity index is 0.000000371. The maximum atomic E-state index is 3.24. The second-order valence-corrected chi connectivity index (χ2v) is 2.79. The van der Waals surface area contributed by atoms with E-state index >= 15 is 0 Å². The van der Waals surface area contributed by atoms with Crippen molar-refractivity contribution in [2.75, 3.05) is 33.7 Å². The molecule has 0 aromatic heterocycles. The van der Waals surface area contributed by atoms with Crippen molar-refractivity contribution in [2.24, 2.45) is 5.92 Å². The highest BCUT2D eigenvalue weighted by molar-refractivity contribution is 4.75. The van der Waals surface area contributed by atoms with Crippen LogP contribution in [0.1, 0.15) is 13.8 Å². The van der Waals surface area contributed by atoms with E-state index in [0.717, 1.165) is 5.92 Å². The van der Waals surface area contributed by atoms with Gasteiger partial charge in [-0.2, -0.15) is 0 Å². The van der Waals surface area contributed by atoms with E-state index in [1.165, 1.54) is 19.6 Å². The average Bonchev–Trinajstić information content (AvgIpc) is 1.84. The standard InChI is InChI=1S/C6H14N2.C2H6/c1-8(2)5-6-3-7-4-6;1-2/h6-7H,3-5H2,1-2H3;1-2H3. The summed E-state index contributed by atoms with van der Waals surface area (Å²) >= 11 is 0. The van der Waals surface area contributed by atoms with Gasteiger partial charge in [-0.3, -0.25) is 0 Å². The molecule has 1 rings (SSSR count). The second-order valence-electron chi connectivity index (χ2n) is 2.79. The lowest BCUT2D eigenvalue weighted by Crippen LogP contribution is -2.46. The summed E-state index contributed by atoms with van der Waals surface area (Å²) in [6, 6.07) is 0. The van der Waals surface area contributed by atoms with Gasteiger partial charge in [-0.15, -0.1) is 0 Å². The predicted molar refractivity (Wildman–Crippen MR) is 46.3 cm³/mol. The normalized spacial score (nSPS) is 17.7. The number of nitrogens with one attached hydrogen (secondary N) is 1. The summed E-state index contributed by atoms with van der Waals surface area (Å²) in [6.07, 6.45) is 0. The molecular formula is C8H20N2. The third-order valence-electron chi connectivity index (χ3n) is 1.49. The fourth-order valence-electron chi connectivity index (χ4n) is 0.994. The Labute approximate surface area is 64.6 Å². The Morgan fingerprint density at radius 3 is 1.90 bits per heavy atom. The van der Waals surface area contributed by atoms with Gasteiger partial charge in [-0.05, 0) is 20.0 Å². The van der Waals surface area contributed by atoms with Crippen molar-refractivity contribution in [3.63, 3.8) is 0 Å². The van der Waals surface area contributed by atoms with E-state index in [4.69, 9.17) is 0 Å². The summed E-state index contributed by atoms with van der Waals surface area (Å²) in [7, 11) is 4.25. The molecule has 0 bridgehead atoms. The largest absolute Gasteiger partial charge is 0.316 e. The maximum absolute atomic E-state index is 3.24. The Morgan fingerprint density at radius 2 is 1.80 bits per heavy atom. The molecule has 0 aromatic carbocycles. The highest BCUT2D eigenvalue weighted by atomic mass is 15.1. The first-order valence-electron chi connectivity index (χ1n) is 4.14. The van der Waals surface area contributed by atoms with E-state index in [1.807, 2.05) is 13.8 Å². The highest BCUT2D eigenvalue weighted by Crippen LogP contribution is 2.02. The van der Waals surface area contributed by atoms with Gasteiger partial charge < -0.3 is 10.2 Å². The van der Waals surface area contributed by atoms with E-state index in [1.54, 1.807) is 0 Å². The summed E-state index contributed by atoms with van der Waals surface area (Å²) in [5.41, 5.74) is 0. The minimum Gasteiger partial charge on any atom is -0.316 e. The molecule has 0 unspecified atom stereocenters. The lowest BCUT2D eigenvalue weighted by molar-refractivity contribution is 0.253. The second kappa shape index (κ2) is 5.69. The number of hydrogen-bond acceptors (Lipinski definition) is 2. The molecule has 1 heterocycles. The van der Waals surface area contributed by atoms with Crippen LogP contribution in [-0.2, 0) is 0 Å². The monoisotopic (exact) mass is 144 g/mol. The zero-order chi connectivity index (χ0) is 7.98. The Hall–Kier alpha value is -0.0800. The van der Waals surface area contributed by atoms with Gasteiger partial charge in [-0.25, -0.2) is 0 Å². The molecular weight excluding hydrogens is 124 g/mol. The Kier molecular flexibility index (Phi) is 5.64. The van der Waals surface area contributed by atoms with Gasteiger partial charge in [-0.1, -0.05) is 13.8 Å². The molecule has 1 aliphatic rings. The molecule has 0 radical (unpaired) electrons. The minimum atomic E-state index is 0.921. The maximum Gasteiger partial charge on any atom is 0.00279 e. The molecule has 1 N–H and O–H groups in total. The smallest absolute Gasteiger partial charge is 0.00279 e. The molecule has 0 atom stereocenters. The molecule has 2 nitrogen and oxygen atoms in total. The molecule has 0 aliphatic carbocycles. The van der Waals surface area contributed by atoms with Gasteiger partial charge in [0.25, 0.3) is 0 Å². The number of rotatable bonds is 2. The first-order chi connectivity index (χ1) is 4.79. The van der Waals surface area contributed by atoms with Crippen LogP contribution in [0.3, 0.4) is 0 Å². The molecule has 62 valence electrons. The topological polar surface area (TPSA) is 15.3 Å². The third-order valence-corrected chi connectivity index (χ3v) is 1.49. The van der Waals surface area contributed by atoms with Crippen LogP contribution < -0.4 is 5.32 Å². The fraction of sp³-hybridized carbons (Fsp3) is 1.00. The number of hydrogen-bond donors (Lipinski definition) is 1. The van der Waals surface area contributed by atoms with Gasteiger partial charge in [0.2, 0.25) is 0 Å². The van der Waals surface area contributed by atoms with Crippen molar-refractivity contribution in [3.8, 4) is 0 Å². The van der Waals surface area contributed by atoms with Gasteiger partial charge in [0.05, 0.1) is 0 Å². The molecule has 0 saturated carbocycles. The van der Waals surface area contributed by atoms with Gasteiger partial charge in [0, 0.05) is 19.6 Å². The van der Waals surface area contributed by atoms with E-state index < -0.39 is 0 Å². The molecule has 1 saturated heterocycles. The van der Waals surface area contributed by atoms with Crippen molar-refractivity contribution in [1.29, 1.82) is 0 Å². The van der Waals surface area contributed by atoms with Crippen molar-refractivity contribution in [1.82, 2.24) is 10.2 Å². The lowest BCUT2D eigenvalue weighted by atomic mass is 10.0. The summed E-state index contributed by atoms with van der Waals surface area (Å²) in [6.45, 7) is 7.68. The fourth-order valence-corrected chi connectivity index (χ4v) is 0.994. The molecule has 1 aliphatic heterocycles. The van der Waals surface area contributed by atoms with Gasteiger partial charge in [0.1, 0.15) is 0 Å². The predicted octanol–water partition coefficient (Wildman–Crippen LogP) is 0.794. The summed E-state index contributed by atoms with van der Waals surface area (Å²) in [5, 5.41) is 3.24. The first-order valence-corrected chi connectivity index (χ1v) is 4.14. The summed E-state index contributed by atoms with van der Waals surface area (Å²) in [5.74, 6) is 0.921. The highest BCUT2D eigenvalue weighted by Gasteiger charge is 2.16. The first kappa shape index (κ1) is 9.92. The average molecular weight is 144 g/mol. The summed E-state index contributed by atoms with van der Waals surface area (Å²) < 4.78 is 0. The van der Waals surface area contributed by atoms with E-state index in [2.05, 4.69) is 24.3 Å². The zero-order valence-corrected chi connectivity index (χ0v) is 7.65. The molecule has 2 heteroatoms. The van der Waals surface area contributed by atoms with Crippen LogP contribution >= 0.6 is 0 Å². The minimum absolute atomic E-state index is 0.921. The zero-order valence-electron chi connectivity index (χ0n) is 7.65. The van der Waals surface area contributed by atoms with Crippen LogP contribution in [0.4, 0.5) is 0 Å². The third kappa shape index (κ3) is 3.85. The quantitative estimate of drug-likeness (QED) is 0.616. The van der Waals surface area contributed by atoms with Crippen LogP contribution in [0.15, 0.2) is 0 Å². The lowest BCUT2D eigenvalue weighted by Gasteiger charge is -2.29. The van der Waals surface area contributed by atoms with Gasteiger partial charge >= 0.3 is 0 Å². The van der Waals surface area contributed by atoms with E-state index in [0.29, 0.717) is 0 Å². The van der Waals surface area contributed by atoms with Crippen molar-refractivity contribution in [3.05, 3.63) is 0 Å². The Bertz CT molecular complexity index is 67.7. The van der Waals surface area contributed by atoms with Crippen LogP contribution in [0.25, 0.3) is 0 Å². The number of nitrogens with zero attached hydrogens (tertiary/aromatic N) is 1. The van der Waals surface area contributed by atoms with Crippen molar-refractivity contribution < 1.29 is 0 Å². The van der Waals surface area contributed by atoms with Crippen LogP contribution in [0.2, 0.25) is 0 Å². The molecule has 0 aromatic rings. The molecule has 0 amide bonds. The SMILES string of the molecule is CC.CN(C)CC1CNC1. The Morgan fingerprint density at radius 1 is 1.30 bits per heavy atom. The van der Waals surface area contributed by atoms with E-state index in [-0.39, 0.29) is 0 Å². The van der Waals surface area contributed by atoms with Crippen LogP contribution in [0.5, 0.6) is 0 Å². The van der Waals surface area contributed by atoms with E-state index in [9.17, 15) is 0 Å². The molecule has 1 fully saturated rings. The van der Waals surface area contributed by atoms with Crippen LogP contribution in [0, 0.1) is 5.92 Å². The van der Waals surface area contributed by atoms with Crippen LogP contribution in [-0.4, -0.2) is 38.6 Å². The van der Waals surface area contributed by atoms with Crippen molar-refractivity contribution in [2.45, 2.75) is 13.8 Å². The summed E-state index contributed by atoms with van der Waals surface area (Å²) in [4.78, 5) is 2.24. The van der Waals surface area contributed by atoms with Crippen molar-refractivity contribution >= 4 is 0 Å². The van der Waals surface area contributed by atoms with Gasteiger partial charge in [0.15, 0.2) is 0 Å². The molecule has 10 heavy (non-hydrogen) atoms.